The first kappa shape index (κ1) is 16.2. The first-order valence-corrected chi connectivity index (χ1v) is 8.43. The highest BCUT2D eigenvalue weighted by Crippen LogP contribution is 2.25. The van der Waals surface area contributed by atoms with E-state index in [2.05, 4.69) is 31.3 Å². The summed E-state index contributed by atoms with van der Waals surface area (Å²) in [7, 11) is 0. The van der Waals surface area contributed by atoms with Crippen molar-refractivity contribution in [1.29, 1.82) is 0 Å². The van der Waals surface area contributed by atoms with Crippen molar-refractivity contribution in [2.45, 2.75) is 40.0 Å². The monoisotopic (exact) mass is 321 g/mol. The van der Waals surface area contributed by atoms with Gasteiger partial charge in [0.25, 0.3) is 0 Å². The Morgan fingerprint density at radius 3 is 2.83 bits per heavy atom. The van der Waals surface area contributed by atoms with Crippen LogP contribution in [0.4, 0.5) is 5.69 Å². The number of aryl methyl sites for hydroxylation is 2. The van der Waals surface area contributed by atoms with Gasteiger partial charge in [0.15, 0.2) is 0 Å². The molecule has 0 atom stereocenters. The minimum absolute atomic E-state index is 0.0720. The summed E-state index contributed by atoms with van der Waals surface area (Å²) < 4.78 is 2.02. The molecule has 2 heterocycles. The van der Waals surface area contributed by atoms with Crippen LogP contribution >= 0.6 is 0 Å². The third kappa shape index (κ3) is 3.48. The summed E-state index contributed by atoms with van der Waals surface area (Å²) in [5.41, 5.74) is 5.95. The van der Waals surface area contributed by atoms with Gasteiger partial charge in [0.05, 0.1) is 5.69 Å². The van der Waals surface area contributed by atoms with Gasteiger partial charge in [0.1, 0.15) is 5.65 Å². The highest BCUT2D eigenvalue weighted by molar-refractivity contribution is 5.92. The van der Waals surface area contributed by atoms with Gasteiger partial charge >= 0.3 is 0 Å². The lowest BCUT2D eigenvalue weighted by atomic mass is 10.1. The predicted octanol–water partition coefficient (Wildman–Crippen LogP) is 4.75. The van der Waals surface area contributed by atoms with E-state index in [1.165, 1.54) is 5.56 Å². The van der Waals surface area contributed by atoms with Gasteiger partial charge in [0.2, 0.25) is 5.91 Å². The number of aromatic nitrogens is 2. The number of hydrogen-bond acceptors (Lipinski definition) is 2. The molecule has 3 rings (SSSR count). The maximum absolute atomic E-state index is 12.0. The molecule has 3 aromatic rings. The fourth-order valence-corrected chi connectivity index (χ4v) is 2.69. The number of amides is 1. The Bertz CT molecular complexity index is 880. The molecular formula is C20H23N3O. The number of unbranched alkanes of at least 4 members (excludes halogenated alkanes) is 1. The molecule has 1 aromatic carbocycles. The molecule has 0 saturated carbocycles. The molecule has 0 saturated heterocycles. The van der Waals surface area contributed by atoms with E-state index >= 15 is 0 Å². The molecule has 0 aliphatic heterocycles. The molecule has 0 spiro atoms. The number of benzene rings is 1. The van der Waals surface area contributed by atoms with Gasteiger partial charge in [-0.25, -0.2) is 4.98 Å². The van der Waals surface area contributed by atoms with E-state index in [4.69, 9.17) is 4.98 Å². The Kier molecular flexibility index (Phi) is 4.65. The number of fused-ring (bicyclic) bond motifs is 1. The molecule has 0 aliphatic rings. The van der Waals surface area contributed by atoms with Crippen molar-refractivity contribution >= 4 is 17.2 Å². The normalized spacial score (nSPS) is 11.0. The van der Waals surface area contributed by atoms with Crippen LogP contribution in [0.15, 0.2) is 42.7 Å². The van der Waals surface area contributed by atoms with E-state index in [-0.39, 0.29) is 5.91 Å². The molecule has 0 aliphatic carbocycles. The van der Waals surface area contributed by atoms with Crippen molar-refractivity contribution in [3.8, 4) is 11.3 Å². The summed E-state index contributed by atoms with van der Waals surface area (Å²) in [4.78, 5) is 16.7. The van der Waals surface area contributed by atoms with E-state index in [1.807, 2.05) is 41.9 Å². The minimum Gasteiger partial charge on any atom is -0.326 e. The zero-order valence-corrected chi connectivity index (χ0v) is 14.5. The Hall–Kier alpha value is -2.62. The van der Waals surface area contributed by atoms with Crippen molar-refractivity contribution in [2.75, 3.05) is 5.32 Å². The summed E-state index contributed by atoms with van der Waals surface area (Å²) in [6.07, 6.45) is 6.53. The lowest BCUT2D eigenvalue weighted by Gasteiger charge is -2.09. The molecule has 0 unspecified atom stereocenters. The fraction of sp³-hybridized carbons (Fsp3) is 0.300. The standard InChI is InChI=1S/C20H23N3O/c1-4-5-6-20(24)22-17-12-16(8-7-15(17)3)18-13-23-10-9-14(2)11-19(23)21-18/h7-13H,4-6H2,1-3H3,(H,22,24). The second-order valence-corrected chi connectivity index (χ2v) is 6.28. The number of pyridine rings is 1. The van der Waals surface area contributed by atoms with Crippen molar-refractivity contribution in [3.05, 3.63) is 53.9 Å². The largest absolute Gasteiger partial charge is 0.326 e. The first-order chi connectivity index (χ1) is 11.6. The molecule has 0 fully saturated rings. The Morgan fingerprint density at radius 1 is 1.21 bits per heavy atom. The molecule has 4 nitrogen and oxygen atoms in total. The molecule has 24 heavy (non-hydrogen) atoms. The van der Waals surface area contributed by atoms with Crippen molar-refractivity contribution in [3.63, 3.8) is 0 Å². The number of nitrogens with one attached hydrogen (secondary N) is 1. The highest BCUT2D eigenvalue weighted by atomic mass is 16.1. The number of hydrogen-bond donors (Lipinski definition) is 1. The van der Waals surface area contributed by atoms with Crippen LogP contribution in [-0.2, 0) is 4.79 Å². The summed E-state index contributed by atoms with van der Waals surface area (Å²) in [6.45, 7) is 6.15. The number of nitrogens with zero attached hydrogens (tertiary/aromatic N) is 2. The smallest absolute Gasteiger partial charge is 0.224 e. The van der Waals surface area contributed by atoms with E-state index in [0.717, 1.165) is 41.0 Å². The lowest BCUT2D eigenvalue weighted by Crippen LogP contribution is -2.12. The number of carbonyl (C=O) groups is 1. The van der Waals surface area contributed by atoms with Crippen LogP contribution in [0.1, 0.15) is 37.3 Å². The van der Waals surface area contributed by atoms with E-state index in [1.54, 1.807) is 0 Å². The number of anilines is 1. The zero-order valence-electron chi connectivity index (χ0n) is 14.5. The average Bonchev–Trinajstić information content (AvgIpc) is 2.98. The second kappa shape index (κ2) is 6.87. The summed E-state index contributed by atoms with van der Waals surface area (Å²) in [6, 6.07) is 10.2. The quantitative estimate of drug-likeness (QED) is 0.737. The number of imidazole rings is 1. The summed E-state index contributed by atoms with van der Waals surface area (Å²) in [5, 5.41) is 3.02. The van der Waals surface area contributed by atoms with Gasteiger partial charge in [-0.1, -0.05) is 25.5 Å². The molecule has 0 bridgehead atoms. The Balaban J connectivity index is 1.90. The van der Waals surface area contributed by atoms with Gasteiger partial charge in [0, 0.05) is 30.1 Å². The SMILES string of the molecule is CCCCC(=O)Nc1cc(-c2cn3ccc(C)cc3n2)ccc1C. The first-order valence-electron chi connectivity index (χ1n) is 8.43. The molecule has 124 valence electrons. The van der Waals surface area contributed by atoms with Crippen LogP contribution in [0.25, 0.3) is 16.9 Å². The van der Waals surface area contributed by atoms with Gasteiger partial charge in [-0.05, 0) is 49.6 Å². The van der Waals surface area contributed by atoms with Gasteiger partial charge < -0.3 is 9.72 Å². The Labute approximate surface area is 142 Å². The molecular weight excluding hydrogens is 298 g/mol. The van der Waals surface area contributed by atoms with Crippen molar-refractivity contribution < 1.29 is 4.79 Å². The molecule has 1 amide bonds. The maximum Gasteiger partial charge on any atom is 0.224 e. The van der Waals surface area contributed by atoms with Crippen LogP contribution < -0.4 is 5.32 Å². The maximum atomic E-state index is 12.0. The van der Waals surface area contributed by atoms with Gasteiger partial charge in [-0.3, -0.25) is 4.79 Å². The van der Waals surface area contributed by atoms with Crippen molar-refractivity contribution in [1.82, 2.24) is 9.38 Å². The fourth-order valence-electron chi connectivity index (χ4n) is 2.69. The third-order valence-corrected chi connectivity index (χ3v) is 4.18. The van der Waals surface area contributed by atoms with Gasteiger partial charge in [-0.15, -0.1) is 0 Å². The number of rotatable bonds is 5. The zero-order chi connectivity index (χ0) is 17.1. The summed E-state index contributed by atoms with van der Waals surface area (Å²) in [5.74, 6) is 0.0720. The highest BCUT2D eigenvalue weighted by Gasteiger charge is 2.09. The summed E-state index contributed by atoms with van der Waals surface area (Å²) >= 11 is 0. The van der Waals surface area contributed by atoms with Crippen LogP contribution in [0.3, 0.4) is 0 Å². The lowest BCUT2D eigenvalue weighted by molar-refractivity contribution is -0.116. The molecule has 4 heteroatoms. The topological polar surface area (TPSA) is 46.4 Å². The molecule has 0 radical (unpaired) electrons. The molecule has 2 aromatic heterocycles. The third-order valence-electron chi connectivity index (χ3n) is 4.18. The molecule has 1 N–H and O–H groups in total. The van der Waals surface area contributed by atoms with Crippen LogP contribution in [0.2, 0.25) is 0 Å². The van der Waals surface area contributed by atoms with Crippen LogP contribution in [0, 0.1) is 13.8 Å². The minimum atomic E-state index is 0.0720. The average molecular weight is 321 g/mol. The second-order valence-electron chi connectivity index (χ2n) is 6.28. The van der Waals surface area contributed by atoms with Gasteiger partial charge in [-0.2, -0.15) is 0 Å². The van der Waals surface area contributed by atoms with E-state index in [9.17, 15) is 4.79 Å². The Morgan fingerprint density at radius 2 is 2.04 bits per heavy atom. The number of carbonyl (C=O) groups excluding carboxylic acids is 1. The van der Waals surface area contributed by atoms with Crippen LogP contribution in [0.5, 0.6) is 0 Å². The predicted molar refractivity (Wildman–Crippen MR) is 98.3 cm³/mol. The van der Waals surface area contributed by atoms with E-state index in [0.29, 0.717) is 6.42 Å². The van der Waals surface area contributed by atoms with Crippen LogP contribution in [-0.4, -0.2) is 15.3 Å². The van der Waals surface area contributed by atoms with Crippen molar-refractivity contribution in [2.24, 2.45) is 0 Å². The van der Waals surface area contributed by atoms with E-state index < -0.39 is 0 Å².